The molecule has 4 heteroatoms. The fourth-order valence-corrected chi connectivity index (χ4v) is 3.33. The molecular weight excluding hydrogens is 310 g/mol. The van der Waals surface area contributed by atoms with E-state index in [1.165, 1.54) is 16.5 Å². The third kappa shape index (κ3) is 3.39. The molecule has 2 aromatic carbocycles. The van der Waals surface area contributed by atoms with Crippen LogP contribution in [0.1, 0.15) is 18.4 Å². The minimum absolute atomic E-state index is 0.138. The maximum Gasteiger partial charge on any atom is 0.128 e. The van der Waals surface area contributed by atoms with Crippen LogP contribution in [-0.4, -0.2) is 22.6 Å². The first kappa shape index (κ1) is 15.8. The van der Waals surface area contributed by atoms with Gasteiger partial charge in [-0.05, 0) is 49.1 Å². The van der Waals surface area contributed by atoms with Crippen molar-refractivity contribution in [3.05, 3.63) is 66.5 Å². The van der Waals surface area contributed by atoms with Gasteiger partial charge in [-0.2, -0.15) is 0 Å². The molecule has 0 fully saturated rings. The Morgan fingerprint density at radius 2 is 1.72 bits per heavy atom. The van der Waals surface area contributed by atoms with E-state index < -0.39 is 0 Å². The standard InChI is InChI=1S/C21H23N3O/c22-16(9-8-15-14-24-19-5-2-1-4-17(15)19)11-13-25-21-7-3-6-20-18(21)10-12-23-20/h1-7,10,12,14,16,23-24H,8-9,11,13,22H2. The van der Waals surface area contributed by atoms with Gasteiger partial charge in [-0.15, -0.1) is 0 Å². The van der Waals surface area contributed by atoms with Crippen LogP contribution < -0.4 is 10.5 Å². The first-order valence-electron chi connectivity index (χ1n) is 8.81. The number of hydrogen-bond acceptors (Lipinski definition) is 2. The largest absolute Gasteiger partial charge is 0.493 e. The van der Waals surface area contributed by atoms with Gasteiger partial charge in [0.2, 0.25) is 0 Å². The predicted molar refractivity (Wildman–Crippen MR) is 103 cm³/mol. The van der Waals surface area contributed by atoms with Crippen LogP contribution in [0.15, 0.2) is 60.9 Å². The van der Waals surface area contributed by atoms with Crippen molar-refractivity contribution < 1.29 is 4.74 Å². The van der Waals surface area contributed by atoms with E-state index in [9.17, 15) is 0 Å². The van der Waals surface area contributed by atoms with Gasteiger partial charge in [0.1, 0.15) is 5.75 Å². The Bertz CT molecular complexity index is 969. The van der Waals surface area contributed by atoms with E-state index in [0.29, 0.717) is 6.61 Å². The maximum atomic E-state index is 6.29. The summed E-state index contributed by atoms with van der Waals surface area (Å²) >= 11 is 0. The SMILES string of the molecule is NC(CCOc1cccc2[nH]ccc12)CCc1c[nH]c2ccccc12. The Morgan fingerprint density at radius 3 is 2.68 bits per heavy atom. The lowest BCUT2D eigenvalue weighted by Crippen LogP contribution is -2.23. The molecule has 0 aliphatic carbocycles. The topological polar surface area (TPSA) is 66.8 Å². The lowest BCUT2D eigenvalue weighted by molar-refractivity contribution is 0.298. The number of para-hydroxylation sites is 1. The first-order chi connectivity index (χ1) is 12.3. The van der Waals surface area contributed by atoms with Crippen molar-refractivity contribution in [1.82, 2.24) is 9.97 Å². The van der Waals surface area contributed by atoms with Gasteiger partial charge in [0.05, 0.1) is 6.61 Å². The molecule has 0 bridgehead atoms. The molecule has 25 heavy (non-hydrogen) atoms. The van der Waals surface area contributed by atoms with E-state index in [2.05, 4.69) is 46.5 Å². The Hall–Kier alpha value is -2.72. The molecule has 128 valence electrons. The molecule has 1 atom stereocenters. The Kier molecular flexibility index (Phi) is 4.44. The summed E-state index contributed by atoms with van der Waals surface area (Å²) in [6.07, 6.45) is 6.83. The zero-order valence-electron chi connectivity index (χ0n) is 14.2. The van der Waals surface area contributed by atoms with Crippen LogP contribution in [0.3, 0.4) is 0 Å². The molecule has 0 amide bonds. The zero-order chi connectivity index (χ0) is 17.1. The number of H-pyrrole nitrogens is 2. The van der Waals surface area contributed by atoms with Gasteiger partial charge in [-0.1, -0.05) is 24.3 Å². The number of benzene rings is 2. The van der Waals surface area contributed by atoms with Gasteiger partial charge in [0.15, 0.2) is 0 Å². The molecule has 0 saturated heterocycles. The highest BCUT2D eigenvalue weighted by Gasteiger charge is 2.08. The van der Waals surface area contributed by atoms with Crippen LogP contribution >= 0.6 is 0 Å². The number of aryl methyl sites for hydroxylation is 1. The molecule has 0 spiro atoms. The number of hydrogen-bond donors (Lipinski definition) is 3. The lowest BCUT2D eigenvalue weighted by Gasteiger charge is -2.13. The fraction of sp³-hybridized carbons (Fsp3) is 0.238. The van der Waals surface area contributed by atoms with E-state index in [1.54, 1.807) is 0 Å². The quantitative estimate of drug-likeness (QED) is 0.470. The summed E-state index contributed by atoms with van der Waals surface area (Å²) < 4.78 is 5.95. The Labute approximate surface area is 147 Å². The number of fused-ring (bicyclic) bond motifs is 2. The van der Waals surface area contributed by atoms with Crippen LogP contribution in [0.4, 0.5) is 0 Å². The molecule has 2 heterocycles. The number of ether oxygens (including phenoxy) is 1. The lowest BCUT2D eigenvalue weighted by atomic mass is 10.0. The van der Waals surface area contributed by atoms with Crippen molar-refractivity contribution in [2.24, 2.45) is 5.73 Å². The van der Waals surface area contributed by atoms with Gasteiger partial charge in [-0.3, -0.25) is 0 Å². The summed E-state index contributed by atoms with van der Waals surface area (Å²) in [7, 11) is 0. The zero-order valence-corrected chi connectivity index (χ0v) is 14.2. The summed E-state index contributed by atoms with van der Waals surface area (Å²) in [6.45, 7) is 0.638. The molecule has 4 aromatic rings. The van der Waals surface area contributed by atoms with Gasteiger partial charge in [-0.25, -0.2) is 0 Å². The summed E-state index contributed by atoms with van der Waals surface area (Å²) in [6, 6.07) is 16.6. The minimum atomic E-state index is 0.138. The third-order valence-electron chi connectivity index (χ3n) is 4.76. The van der Waals surface area contributed by atoms with Crippen molar-refractivity contribution in [2.75, 3.05) is 6.61 Å². The van der Waals surface area contributed by atoms with E-state index in [1.807, 2.05) is 24.4 Å². The second kappa shape index (κ2) is 7.03. The summed E-state index contributed by atoms with van der Waals surface area (Å²) in [5, 5.41) is 2.42. The monoisotopic (exact) mass is 333 g/mol. The average Bonchev–Trinajstić information content (AvgIpc) is 3.27. The van der Waals surface area contributed by atoms with Gasteiger partial charge < -0.3 is 20.4 Å². The van der Waals surface area contributed by atoms with Gasteiger partial charge in [0, 0.05) is 40.2 Å². The molecule has 0 saturated carbocycles. The molecule has 1 unspecified atom stereocenters. The highest BCUT2D eigenvalue weighted by Crippen LogP contribution is 2.25. The molecule has 4 N–H and O–H groups in total. The summed E-state index contributed by atoms with van der Waals surface area (Å²) in [5.41, 5.74) is 9.92. The van der Waals surface area contributed by atoms with Gasteiger partial charge in [0.25, 0.3) is 0 Å². The molecular formula is C21H23N3O. The highest BCUT2D eigenvalue weighted by atomic mass is 16.5. The number of nitrogens with two attached hydrogens (primary N) is 1. The Morgan fingerprint density at radius 1 is 0.880 bits per heavy atom. The van der Waals surface area contributed by atoms with Crippen molar-refractivity contribution in [2.45, 2.75) is 25.3 Å². The normalized spacial score (nSPS) is 12.7. The van der Waals surface area contributed by atoms with Crippen LogP contribution in [-0.2, 0) is 6.42 Å². The maximum absolute atomic E-state index is 6.29. The molecule has 0 radical (unpaired) electrons. The number of nitrogens with one attached hydrogen (secondary N) is 2. The van der Waals surface area contributed by atoms with Crippen molar-refractivity contribution in [3.8, 4) is 5.75 Å². The van der Waals surface area contributed by atoms with Crippen molar-refractivity contribution in [3.63, 3.8) is 0 Å². The predicted octanol–water partition coefficient (Wildman–Crippen LogP) is 4.38. The van der Waals surface area contributed by atoms with E-state index in [0.717, 1.165) is 35.9 Å². The fourth-order valence-electron chi connectivity index (χ4n) is 3.33. The second-order valence-electron chi connectivity index (χ2n) is 6.49. The number of rotatable bonds is 7. The van der Waals surface area contributed by atoms with Crippen molar-refractivity contribution >= 4 is 21.8 Å². The number of aromatic amines is 2. The third-order valence-corrected chi connectivity index (χ3v) is 4.76. The molecule has 4 rings (SSSR count). The van der Waals surface area contributed by atoms with Crippen LogP contribution in [0, 0.1) is 0 Å². The highest BCUT2D eigenvalue weighted by molar-refractivity contribution is 5.85. The second-order valence-corrected chi connectivity index (χ2v) is 6.49. The van der Waals surface area contributed by atoms with E-state index in [-0.39, 0.29) is 6.04 Å². The summed E-state index contributed by atoms with van der Waals surface area (Å²) in [5.74, 6) is 0.919. The molecule has 2 aromatic heterocycles. The summed E-state index contributed by atoms with van der Waals surface area (Å²) in [4.78, 5) is 6.52. The van der Waals surface area contributed by atoms with Crippen LogP contribution in [0.5, 0.6) is 5.75 Å². The van der Waals surface area contributed by atoms with Crippen LogP contribution in [0.2, 0.25) is 0 Å². The smallest absolute Gasteiger partial charge is 0.128 e. The van der Waals surface area contributed by atoms with Gasteiger partial charge >= 0.3 is 0 Å². The Balaban J connectivity index is 1.29. The molecule has 4 nitrogen and oxygen atoms in total. The van der Waals surface area contributed by atoms with E-state index >= 15 is 0 Å². The first-order valence-corrected chi connectivity index (χ1v) is 8.81. The van der Waals surface area contributed by atoms with Crippen LogP contribution in [0.25, 0.3) is 21.8 Å². The van der Waals surface area contributed by atoms with Crippen molar-refractivity contribution in [1.29, 1.82) is 0 Å². The van der Waals surface area contributed by atoms with E-state index in [4.69, 9.17) is 10.5 Å². The molecule has 0 aliphatic heterocycles. The molecule has 0 aliphatic rings. The minimum Gasteiger partial charge on any atom is -0.493 e. The average molecular weight is 333 g/mol. The number of aromatic nitrogens is 2.